The molecule has 2 aromatic heterocycles. The highest BCUT2D eigenvalue weighted by Crippen LogP contribution is 2.62. The molecule has 0 aromatic carbocycles. The highest BCUT2D eigenvalue weighted by Gasteiger charge is 2.40. The van der Waals surface area contributed by atoms with E-state index < -0.39 is 47.8 Å². The summed E-state index contributed by atoms with van der Waals surface area (Å²) in [6, 6.07) is 7.18. The highest BCUT2D eigenvalue weighted by atomic mass is 32.2. The average Bonchev–Trinajstić information content (AvgIpc) is 4.21. The predicted molar refractivity (Wildman–Crippen MR) is 263 cm³/mol. The summed E-state index contributed by atoms with van der Waals surface area (Å²) in [7, 11) is 9.51. The topological polar surface area (TPSA) is 210 Å². The Hall–Kier alpha value is -4.12. The standard InChI is InChI=1S/C40H30O16S10/c1-49-31(41)23-24(32(42)50-2)60-19(59-23)13-15-9-11-17(57-15)21(39-63-27(35(45)53-5)28(64-39)36(46)54-6)22(40-65-29(37(47)55-7)30(66-40)38(48)56-8)18-12-10-16(58-18)14-20-61-25(33(43)51-3)26(62-20)34(44)52-4/h9-14H,1-8H3. The lowest BCUT2D eigenvalue weighted by atomic mass is 10.1. The molecule has 16 nitrogen and oxygen atoms in total. The van der Waals surface area contributed by atoms with Gasteiger partial charge in [0.25, 0.3) is 0 Å². The molecule has 0 unspecified atom stereocenters. The smallest absolute Gasteiger partial charge is 0.346 e. The number of carbonyl (C=O) groups is 8. The number of methoxy groups -OCH3 is 8. The van der Waals surface area contributed by atoms with Crippen molar-refractivity contribution in [2.75, 3.05) is 56.9 Å². The maximum Gasteiger partial charge on any atom is 0.346 e. The van der Waals surface area contributed by atoms with Crippen LogP contribution in [-0.2, 0) is 76.3 Å². The third kappa shape index (κ3) is 10.9. The van der Waals surface area contributed by atoms with Gasteiger partial charge >= 0.3 is 47.8 Å². The van der Waals surface area contributed by atoms with Gasteiger partial charge in [0, 0.05) is 30.7 Å². The second-order valence-electron chi connectivity index (χ2n) is 12.0. The van der Waals surface area contributed by atoms with Gasteiger partial charge in [-0.15, -0.1) is 22.7 Å². The molecule has 0 saturated carbocycles. The fourth-order valence-corrected chi connectivity index (χ4v) is 17.9. The molecule has 0 atom stereocenters. The molecule has 66 heavy (non-hydrogen) atoms. The second-order valence-corrected chi connectivity index (χ2v) is 23.6. The summed E-state index contributed by atoms with van der Waals surface area (Å²) < 4.78 is 41.9. The molecule has 346 valence electrons. The summed E-state index contributed by atoms with van der Waals surface area (Å²) >= 11 is 10.6. The molecule has 0 radical (unpaired) electrons. The van der Waals surface area contributed by atoms with Crippen molar-refractivity contribution in [2.45, 2.75) is 0 Å². The van der Waals surface area contributed by atoms with E-state index >= 15 is 0 Å². The van der Waals surface area contributed by atoms with E-state index in [0.717, 1.165) is 94.1 Å². The van der Waals surface area contributed by atoms with E-state index in [4.69, 9.17) is 37.9 Å². The number of hydrogen-bond donors (Lipinski definition) is 0. The van der Waals surface area contributed by atoms with Crippen LogP contribution in [0.3, 0.4) is 0 Å². The molecule has 4 aliphatic heterocycles. The van der Waals surface area contributed by atoms with Crippen molar-refractivity contribution < 1.29 is 76.3 Å². The van der Waals surface area contributed by atoms with Crippen molar-refractivity contribution >= 4 is 188 Å². The van der Waals surface area contributed by atoms with E-state index in [1.165, 1.54) is 79.6 Å². The summed E-state index contributed by atoms with van der Waals surface area (Å²) in [6.45, 7) is 0. The molecule has 0 N–H and O–H groups in total. The molecule has 0 aliphatic carbocycles. The third-order valence-corrected chi connectivity index (χ3v) is 20.4. The Bertz CT molecular complexity index is 2440. The van der Waals surface area contributed by atoms with Gasteiger partial charge in [-0.25, -0.2) is 38.4 Å². The van der Waals surface area contributed by atoms with E-state index in [1.54, 1.807) is 36.4 Å². The Balaban J connectivity index is 1.56. The first kappa shape index (κ1) is 51.3. The zero-order valence-electron chi connectivity index (χ0n) is 35.1. The molecule has 6 heterocycles. The summed E-state index contributed by atoms with van der Waals surface area (Å²) in [4.78, 5) is 106. The normalized spacial score (nSPS) is 15.8. The van der Waals surface area contributed by atoms with E-state index in [1.807, 2.05) is 0 Å². The Morgan fingerprint density at radius 3 is 0.758 bits per heavy atom. The summed E-state index contributed by atoms with van der Waals surface area (Å²) in [5.74, 6) is -6.04. The molecule has 0 saturated heterocycles. The Kier molecular flexibility index (Phi) is 17.7. The van der Waals surface area contributed by atoms with Gasteiger partial charge in [-0.3, -0.25) is 0 Å². The maximum atomic E-state index is 13.3. The molecule has 2 aromatic rings. The van der Waals surface area contributed by atoms with Crippen molar-refractivity contribution in [3.63, 3.8) is 0 Å². The van der Waals surface area contributed by atoms with Gasteiger partial charge in [-0.05, 0) is 36.4 Å². The van der Waals surface area contributed by atoms with Crippen LogP contribution in [0.2, 0.25) is 0 Å². The first-order chi connectivity index (χ1) is 31.6. The molecule has 0 fully saturated rings. The number of rotatable bonds is 13. The van der Waals surface area contributed by atoms with Gasteiger partial charge in [0.1, 0.15) is 39.2 Å². The van der Waals surface area contributed by atoms with Gasteiger partial charge < -0.3 is 37.9 Å². The number of hydrogen-bond acceptors (Lipinski definition) is 26. The van der Waals surface area contributed by atoms with Crippen LogP contribution < -0.4 is 0 Å². The van der Waals surface area contributed by atoms with Crippen molar-refractivity contribution in [1.29, 1.82) is 0 Å². The van der Waals surface area contributed by atoms with Gasteiger partial charge in [0.2, 0.25) is 0 Å². The minimum Gasteiger partial charge on any atom is -0.465 e. The number of thioether (sulfide) groups is 8. The predicted octanol–water partition coefficient (Wildman–Crippen LogP) is 8.59. The fourth-order valence-electron chi connectivity index (χ4n) is 5.38. The van der Waals surface area contributed by atoms with Crippen LogP contribution in [0, 0.1) is 0 Å². The van der Waals surface area contributed by atoms with Crippen molar-refractivity contribution in [3.05, 3.63) is 100.0 Å². The number of carbonyl (C=O) groups excluding carboxylic acids is 8. The van der Waals surface area contributed by atoms with Crippen LogP contribution in [0.4, 0.5) is 0 Å². The lowest BCUT2D eigenvalue weighted by Crippen LogP contribution is -2.08. The Morgan fingerprint density at radius 1 is 0.333 bits per heavy atom. The number of thiophene rings is 2. The zero-order valence-corrected chi connectivity index (χ0v) is 43.2. The summed E-state index contributed by atoms with van der Waals surface area (Å²) in [5, 5.41) is 0. The zero-order chi connectivity index (χ0) is 48.0. The fraction of sp³-hybridized carbons (Fsp3) is 0.200. The highest BCUT2D eigenvalue weighted by molar-refractivity contribution is 8.31. The van der Waals surface area contributed by atoms with Crippen LogP contribution in [0.1, 0.15) is 19.5 Å². The van der Waals surface area contributed by atoms with Crippen LogP contribution in [0.5, 0.6) is 0 Å². The largest absolute Gasteiger partial charge is 0.465 e. The summed E-state index contributed by atoms with van der Waals surface area (Å²) in [5.41, 5.74) is 0.933. The lowest BCUT2D eigenvalue weighted by molar-refractivity contribution is -0.138. The van der Waals surface area contributed by atoms with Gasteiger partial charge in [-0.2, -0.15) is 0 Å². The van der Waals surface area contributed by atoms with Crippen LogP contribution in [-0.4, -0.2) is 105 Å². The molecule has 0 spiro atoms. The van der Waals surface area contributed by atoms with E-state index in [2.05, 4.69) is 0 Å². The lowest BCUT2D eigenvalue weighted by Gasteiger charge is -2.16. The SMILES string of the molecule is COC(=O)C1=C(C(=O)OC)SC(=Cc2ccc(C(=C3SC(C(=O)OC)=C(C(=O)OC)S3)C(=C3SC(C(=O)OC)=C(C(=O)OC)S3)c3ccc(C=C4SC(C(=O)OC)=C(C(=O)OC)S4)s3)s2)S1. The molecule has 4 aliphatic rings. The van der Waals surface area contributed by atoms with Crippen molar-refractivity contribution in [1.82, 2.24) is 0 Å². The van der Waals surface area contributed by atoms with Gasteiger partial charge in [-0.1, -0.05) is 94.1 Å². The van der Waals surface area contributed by atoms with Crippen LogP contribution in [0.25, 0.3) is 23.3 Å². The first-order valence-corrected chi connectivity index (χ1v) is 26.0. The van der Waals surface area contributed by atoms with Gasteiger partial charge in [0.05, 0.1) is 73.8 Å². The molecule has 0 bridgehead atoms. The Morgan fingerprint density at radius 2 is 0.545 bits per heavy atom. The molecule has 26 heteroatoms. The number of esters is 8. The van der Waals surface area contributed by atoms with E-state index in [-0.39, 0.29) is 39.2 Å². The van der Waals surface area contributed by atoms with Gasteiger partial charge in [0.15, 0.2) is 0 Å². The third-order valence-electron chi connectivity index (χ3n) is 8.31. The first-order valence-electron chi connectivity index (χ1n) is 17.8. The second kappa shape index (κ2) is 22.8. The molecular formula is C40H30O16S10. The van der Waals surface area contributed by atoms with E-state index in [0.29, 0.717) is 47.6 Å². The summed E-state index contributed by atoms with van der Waals surface area (Å²) in [6.07, 6.45) is 3.53. The average molecular weight is 1090 g/mol. The van der Waals surface area contributed by atoms with Crippen molar-refractivity contribution in [2.24, 2.45) is 0 Å². The number of ether oxygens (including phenoxy) is 8. The minimum absolute atomic E-state index is 0.0434. The van der Waals surface area contributed by atoms with E-state index in [9.17, 15) is 38.4 Å². The minimum atomic E-state index is -0.797. The Labute approximate surface area is 417 Å². The monoisotopic (exact) mass is 1090 g/mol. The quantitative estimate of drug-likeness (QED) is 0.136. The van der Waals surface area contributed by atoms with Crippen molar-refractivity contribution in [3.8, 4) is 0 Å². The van der Waals surface area contributed by atoms with Crippen LogP contribution >= 0.6 is 117 Å². The maximum absolute atomic E-state index is 13.3. The number of allylic oxidation sites excluding steroid dienone is 2. The molecule has 0 amide bonds. The van der Waals surface area contributed by atoms with Crippen LogP contribution in [0.15, 0.2) is 80.5 Å². The molecule has 6 rings (SSSR count). The molecular weight excluding hydrogens is 1060 g/mol.